The summed E-state index contributed by atoms with van der Waals surface area (Å²) in [5.41, 5.74) is 3.07. The van der Waals surface area contributed by atoms with Gasteiger partial charge in [0.25, 0.3) is 0 Å². The van der Waals surface area contributed by atoms with Crippen LogP contribution in [0.5, 0.6) is 11.5 Å². The second-order valence-corrected chi connectivity index (χ2v) is 6.90. The third kappa shape index (κ3) is 4.79. The van der Waals surface area contributed by atoms with Crippen LogP contribution in [0.1, 0.15) is 11.1 Å². The molecule has 0 fully saturated rings. The number of ether oxygens (including phenoxy) is 2. The monoisotopic (exact) mass is 406 g/mol. The standard InChI is InChI=1S/C22H22N4O2S/c1-27-18-10-9-15(13-19(18)28-2)11-12-24-21-17(14-23)20(25-22(26-21)29-3)16-7-5-4-6-8-16/h4-10,13H,11-12H2,1-3H3,(H,24,25,26). The van der Waals surface area contributed by atoms with Gasteiger partial charge in [-0.3, -0.25) is 0 Å². The van der Waals surface area contributed by atoms with Crippen molar-refractivity contribution in [1.82, 2.24) is 9.97 Å². The van der Waals surface area contributed by atoms with Gasteiger partial charge in [-0.05, 0) is 30.4 Å². The van der Waals surface area contributed by atoms with E-state index in [4.69, 9.17) is 9.47 Å². The Morgan fingerprint density at radius 2 is 1.79 bits per heavy atom. The summed E-state index contributed by atoms with van der Waals surface area (Å²) in [6, 6.07) is 17.8. The smallest absolute Gasteiger partial charge is 0.189 e. The second-order valence-electron chi connectivity index (χ2n) is 6.13. The molecule has 1 N–H and O–H groups in total. The summed E-state index contributed by atoms with van der Waals surface area (Å²) in [5.74, 6) is 1.94. The molecule has 0 atom stereocenters. The third-order valence-corrected chi connectivity index (χ3v) is 4.93. The van der Waals surface area contributed by atoms with Crippen LogP contribution in [0.15, 0.2) is 53.7 Å². The largest absolute Gasteiger partial charge is 0.493 e. The molecule has 0 radical (unpaired) electrons. The van der Waals surface area contributed by atoms with Crippen molar-refractivity contribution in [3.05, 3.63) is 59.7 Å². The van der Waals surface area contributed by atoms with E-state index in [1.54, 1.807) is 14.2 Å². The van der Waals surface area contributed by atoms with Crippen LogP contribution >= 0.6 is 11.8 Å². The number of hydrogen-bond donors (Lipinski definition) is 1. The molecule has 1 heterocycles. The molecule has 6 nitrogen and oxygen atoms in total. The normalized spacial score (nSPS) is 10.3. The molecule has 148 valence electrons. The van der Waals surface area contributed by atoms with Crippen LogP contribution in [0.2, 0.25) is 0 Å². The minimum atomic E-state index is 0.446. The molecular weight excluding hydrogens is 384 g/mol. The maximum absolute atomic E-state index is 9.76. The van der Waals surface area contributed by atoms with Gasteiger partial charge in [0.05, 0.1) is 19.9 Å². The summed E-state index contributed by atoms with van der Waals surface area (Å²) < 4.78 is 10.6. The number of anilines is 1. The Hall–Kier alpha value is -3.24. The molecule has 3 aromatic rings. The SMILES string of the molecule is COc1ccc(CCNc2nc(SC)nc(-c3ccccc3)c2C#N)cc1OC. The molecule has 0 bridgehead atoms. The summed E-state index contributed by atoms with van der Waals surface area (Å²) >= 11 is 1.45. The molecule has 1 aromatic heterocycles. The Balaban J connectivity index is 1.83. The number of hydrogen-bond acceptors (Lipinski definition) is 7. The summed E-state index contributed by atoms with van der Waals surface area (Å²) in [4.78, 5) is 9.07. The molecule has 29 heavy (non-hydrogen) atoms. The molecule has 0 amide bonds. The molecule has 0 aliphatic heterocycles. The Morgan fingerprint density at radius 3 is 2.45 bits per heavy atom. The van der Waals surface area contributed by atoms with Gasteiger partial charge in [0.15, 0.2) is 16.7 Å². The number of nitriles is 1. The summed E-state index contributed by atoms with van der Waals surface area (Å²) in [6.07, 6.45) is 2.66. The first-order valence-corrected chi connectivity index (χ1v) is 10.3. The zero-order valence-electron chi connectivity index (χ0n) is 16.6. The molecule has 0 aliphatic carbocycles. The summed E-state index contributed by atoms with van der Waals surface area (Å²) in [5, 5.41) is 13.7. The van der Waals surface area contributed by atoms with E-state index in [0.29, 0.717) is 40.3 Å². The number of nitrogens with zero attached hydrogens (tertiary/aromatic N) is 3. The quantitative estimate of drug-likeness (QED) is 0.438. The average Bonchev–Trinajstić information content (AvgIpc) is 2.78. The average molecular weight is 407 g/mol. The third-order valence-electron chi connectivity index (χ3n) is 4.38. The lowest BCUT2D eigenvalue weighted by atomic mass is 10.1. The maximum atomic E-state index is 9.76. The van der Waals surface area contributed by atoms with Crippen molar-refractivity contribution in [2.45, 2.75) is 11.6 Å². The van der Waals surface area contributed by atoms with Gasteiger partial charge < -0.3 is 14.8 Å². The van der Waals surface area contributed by atoms with E-state index in [1.165, 1.54) is 11.8 Å². The number of nitrogens with one attached hydrogen (secondary N) is 1. The minimum absolute atomic E-state index is 0.446. The van der Waals surface area contributed by atoms with E-state index in [1.807, 2.05) is 54.8 Å². The molecule has 7 heteroatoms. The number of aromatic nitrogens is 2. The van der Waals surface area contributed by atoms with Crippen molar-refractivity contribution in [3.63, 3.8) is 0 Å². The number of methoxy groups -OCH3 is 2. The van der Waals surface area contributed by atoms with Crippen LogP contribution in [0.25, 0.3) is 11.3 Å². The van der Waals surface area contributed by atoms with Crippen molar-refractivity contribution < 1.29 is 9.47 Å². The van der Waals surface area contributed by atoms with E-state index in [9.17, 15) is 5.26 Å². The van der Waals surface area contributed by atoms with Gasteiger partial charge in [-0.25, -0.2) is 9.97 Å². The van der Waals surface area contributed by atoms with E-state index in [0.717, 1.165) is 17.5 Å². The van der Waals surface area contributed by atoms with Crippen molar-refractivity contribution in [2.75, 3.05) is 32.3 Å². The van der Waals surface area contributed by atoms with E-state index >= 15 is 0 Å². The Kier molecular flexibility index (Phi) is 6.93. The van der Waals surface area contributed by atoms with Crippen LogP contribution in [0.4, 0.5) is 5.82 Å². The van der Waals surface area contributed by atoms with Crippen LogP contribution < -0.4 is 14.8 Å². The molecule has 0 aliphatic rings. The van der Waals surface area contributed by atoms with Crippen molar-refractivity contribution in [3.8, 4) is 28.8 Å². The van der Waals surface area contributed by atoms with E-state index < -0.39 is 0 Å². The maximum Gasteiger partial charge on any atom is 0.189 e. The predicted molar refractivity (Wildman–Crippen MR) is 116 cm³/mol. The highest BCUT2D eigenvalue weighted by atomic mass is 32.2. The molecule has 0 saturated heterocycles. The van der Waals surface area contributed by atoms with E-state index in [-0.39, 0.29) is 0 Å². The second kappa shape index (κ2) is 9.80. The van der Waals surface area contributed by atoms with Crippen molar-refractivity contribution >= 4 is 17.6 Å². The number of rotatable bonds is 8. The molecule has 0 spiro atoms. The fourth-order valence-corrected chi connectivity index (χ4v) is 3.30. The van der Waals surface area contributed by atoms with E-state index in [2.05, 4.69) is 21.4 Å². The van der Waals surface area contributed by atoms with Crippen molar-refractivity contribution in [1.29, 1.82) is 5.26 Å². The lowest BCUT2D eigenvalue weighted by Gasteiger charge is -2.13. The van der Waals surface area contributed by atoms with Gasteiger partial charge in [-0.15, -0.1) is 0 Å². The molecule has 0 unspecified atom stereocenters. The lowest BCUT2D eigenvalue weighted by molar-refractivity contribution is 0.354. The van der Waals surface area contributed by atoms with Gasteiger partial charge in [0.2, 0.25) is 0 Å². The molecule has 3 rings (SSSR count). The summed E-state index contributed by atoms with van der Waals surface area (Å²) in [6.45, 7) is 0.614. The van der Waals surface area contributed by atoms with Crippen LogP contribution in [-0.4, -0.2) is 37.0 Å². The highest BCUT2D eigenvalue weighted by Gasteiger charge is 2.15. The lowest BCUT2D eigenvalue weighted by Crippen LogP contribution is -2.10. The highest BCUT2D eigenvalue weighted by molar-refractivity contribution is 7.98. The first-order chi connectivity index (χ1) is 14.2. The fourth-order valence-electron chi connectivity index (χ4n) is 2.93. The molecule has 0 saturated carbocycles. The van der Waals surface area contributed by atoms with Crippen LogP contribution in [0, 0.1) is 11.3 Å². The zero-order valence-corrected chi connectivity index (χ0v) is 17.4. The Bertz CT molecular complexity index is 1020. The van der Waals surface area contributed by atoms with Crippen LogP contribution in [-0.2, 0) is 6.42 Å². The van der Waals surface area contributed by atoms with Crippen molar-refractivity contribution in [2.24, 2.45) is 0 Å². The zero-order chi connectivity index (χ0) is 20.6. The highest BCUT2D eigenvalue weighted by Crippen LogP contribution is 2.29. The number of benzene rings is 2. The van der Waals surface area contributed by atoms with Gasteiger partial charge in [-0.1, -0.05) is 48.2 Å². The van der Waals surface area contributed by atoms with Gasteiger partial charge >= 0.3 is 0 Å². The van der Waals surface area contributed by atoms with Crippen LogP contribution in [0.3, 0.4) is 0 Å². The Morgan fingerprint density at radius 1 is 1.03 bits per heavy atom. The molecular formula is C22H22N4O2S. The van der Waals surface area contributed by atoms with Gasteiger partial charge in [0.1, 0.15) is 17.5 Å². The number of thioether (sulfide) groups is 1. The minimum Gasteiger partial charge on any atom is -0.493 e. The fraction of sp³-hybridized carbons (Fsp3) is 0.227. The first kappa shape index (κ1) is 20.5. The topological polar surface area (TPSA) is 80.1 Å². The van der Waals surface area contributed by atoms with Gasteiger partial charge in [-0.2, -0.15) is 5.26 Å². The predicted octanol–water partition coefficient (Wildman–Crippen LogP) is 4.41. The molecule has 2 aromatic carbocycles. The first-order valence-electron chi connectivity index (χ1n) is 9.06. The summed E-state index contributed by atoms with van der Waals surface area (Å²) in [7, 11) is 3.24. The van der Waals surface area contributed by atoms with Gasteiger partial charge in [0, 0.05) is 12.1 Å². The Labute approximate surface area is 174 Å².